The number of nitrogens with zero attached hydrogens (tertiary/aromatic N) is 1. The summed E-state index contributed by atoms with van der Waals surface area (Å²) in [5.41, 5.74) is 3.60. The van der Waals surface area contributed by atoms with Crippen LogP contribution in [0.15, 0.2) is 12.1 Å². The Morgan fingerprint density at radius 2 is 2.21 bits per heavy atom. The second kappa shape index (κ2) is 3.70. The second-order valence-corrected chi connectivity index (χ2v) is 4.18. The maximum Gasteiger partial charge on any atom is 0.0622 e. The highest BCUT2D eigenvalue weighted by atomic mass is 35.5. The first kappa shape index (κ1) is 9.66. The van der Waals surface area contributed by atoms with Crippen LogP contribution in [-0.2, 0) is 0 Å². The highest BCUT2D eigenvalue weighted by Crippen LogP contribution is 2.34. The van der Waals surface area contributed by atoms with E-state index in [1.807, 2.05) is 6.07 Å². The molecule has 1 aliphatic rings. The van der Waals surface area contributed by atoms with Crippen LogP contribution in [0.1, 0.15) is 12.0 Å². The summed E-state index contributed by atoms with van der Waals surface area (Å²) in [5, 5.41) is 4.28. The van der Waals surface area contributed by atoms with E-state index in [0.29, 0.717) is 0 Å². The summed E-state index contributed by atoms with van der Waals surface area (Å²) in [4.78, 5) is 2.28. The molecule has 3 heteroatoms. The Morgan fingerprint density at radius 1 is 1.43 bits per heavy atom. The Bertz CT molecular complexity index is 349. The van der Waals surface area contributed by atoms with Crippen molar-refractivity contribution in [2.45, 2.75) is 13.3 Å². The van der Waals surface area contributed by atoms with Gasteiger partial charge in [0.05, 0.1) is 11.4 Å². The molecule has 1 aliphatic heterocycles. The highest BCUT2D eigenvalue weighted by molar-refractivity contribution is 6.32. The topological polar surface area (TPSA) is 15.3 Å². The molecule has 0 bridgehead atoms. The zero-order chi connectivity index (χ0) is 10.1. The number of halogens is 1. The molecule has 1 aromatic rings. The predicted molar refractivity (Wildman–Crippen MR) is 62.6 cm³/mol. The van der Waals surface area contributed by atoms with Crippen molar-refractivity contribution in [1.29, 1.82) is 0 Å². The summed E-state index contributed by atoms with van der Waals surface area (Å²) < 4.78 is 0. The average Bonchev–Trinajstić information content (AvgIpc) is 2.35. The minimum atomic E-state index is 0.839. The van der Waals surface area contributed by atoms with Crippen molar-refractivity contribution in [2.75, 3.05) is 30.4 Å². The minimum absolute atomic E-state index is 0.839. The largest absolute Gasteiger partial charge is 0.383 e. The van der Waals surface area contributed by atoms with Gasteiger partial charge in [0.25, 0.3) is 0 Å². The molecular formula is C11H15ClN2. The molecule has 0 spiro atoms. The Morgan fingerprint density at radius 3 is 3.00 bits per heavy atom. The smallest absolute Gasteiger partial charge is 0.0622 e. The number of rotatable bonds is 0. The summed E-state index contributed by atoms with van der Waals surface area (Å²) in [7, 11) is 2.12. The van der Waals surface area contributed by atoms with E-state index >= 15 is 0 Å². The van der Waals surface area contributed by atoms with Crippen LogP contribution in [0.4, 0.5) is 11.4 Å². The van der Waals surface area contributed by atoms with Crippen LogP contribution in [0.2, 0.25) is 5.02 Å². The maximum atomic E-state index is 6.09. The molecule has 0 saturated carbocycles. The molecule has 0 aliphatic carbocycles. The molecule has 1 aromatic carbocycles. The van der Waals surface area contributed by atoms with E-state index in [4.69, 9.17) is 11.6 Å². The Labute approximate surface area is 89.9 Å². The third-order valence-corrected chi connectivity index (χ3v) is 3.17. The molecule has 0 unspecified atom stereocenters. The molecule has 0 atom stereocenters. The first-order valence-electron chi connectivity index (χ1n) is 4.94. The summed E-state index contributed by atoms with van der Waals surface area (Å²) >= 11 is 6.09. The van der Waals surface area contributed by atoms with Gasteiger partial charge in [-0.05, 0) is 31.0 Å². The van der Waals surface area contributed by atoms with Gasteiger partial charge >= 0.3 is 0 Å². The van der Waals surface area contributed by atoms with Gasteiger partial charge in [0.2, 0.25) is 0 Å². The predicted octanol–water partition coefficient (Wildman–Crippen LogP) is 2.90. The van der Waals surface area contributed by atoms with Gasteiger partial charge in [-0.1, -0.05) is 11.6 Å². The molecule has 2 nitrogen and oxygen atoms in total. The lowest BCUT2D eigenvalue weighted by Gasteiger charge is -2.20. The molecule has 1 heterocycles. The van der Waals surface area contributed by atoms with Crippen LogP contribution in [0.5, 0.6) is 0 Å². The van der Waals surface area contributed by atoms with Gasteiger partial charge in [0.15, 0.2) is 0 Å². The molecule has 0 radical (unpaired) electrons. The number of nitrogens with one attached hydrogen (secondary N) is 1. The van der Waals surface area contributed by atoms with E-state index in [0.717, 1.165) is 23.7 Å². The average molecular weight is 211 g/mol. The summed E-state index contributed by atoms with van der Waals surface area (Å²) in [6, 6.07) is 4.06. The summed E-state index contributed by atoms with van der Waals surface area (Å²) in [6.45, 7) is 4.19. The van der Waals surface area contributed by atoms with Gasteiger partial charge in [0.1, 0.15) is 0 Å². The Kier molecular flexibility index (Phi) is 2.55. The van der Waals surface area contributed by atoms with Crippen molar-refractivity contribution in [1.82, 2.24) is 0 Å². The molecule has 0 amide bonds. The number of hydrogen-bond acceptors (Lipinski definition) is 2. The standard InChI is InChI=1S/C11H15ClN2/c1-8-9(12)4-5-10-11(8)13-6-3-7-14(10)2/h4-5,13H,3,6-7H2,1-2H3. The van der Waals surface area contributed by atoms with Crippen LogP contribution in [0.3, 0.4) is 0 Å². The molecule has 0 aromatic heterocycles. The van der Waals surface area contributed by atoms with Crippen molar-refractivity contribution >= 4 is 23.0 Å². The van der Waals surface area contributed by atoms with Crippen molar-refractivity contribution in [3.63, 3.8) is 0 Å². The number of hydrogen-bond donors (Lipinski definition) is 1. The van der Waals surface area contributed by atoms with Crippen molar-refractivity contribution in [3.05, 3.63) is 22.7 Å². The first-order valence-corrected chi connectivity index (χ1v) is 5.32. The molecule has 76 valence electrons. The van der Waals surface area contributed by atoms with E-state index in [1.165, 1.54) is 17.8 Å². The molecule has 1 N–H and O–H groups in total. The number of benzene rings is 1. The third-order valence-electron chi connectivity index (χ3n) is 2.76. The van der Waals surface area contributed by atoms with E-state index in [1.54, 1.807) is 0 Å². The zero-order valence-corrected chi connectivity index (χ0v) is 9.36. The minimum Gasteiger partial charge on any atom is -0.383 e. The fraction of sp³-hybridized carbons (Fsp3) is 0.455. The van der Waals surface area contributed by atoms with Crippen molar-refractivity contribution < 1.29 is 0 Å². The fourth-order valence-electron chi connectivity index (χ4n) is 1.86. The normalized spacial score (nSPS) is 15.8. The van der Waals surface area contributed by atoms with E-state index in [-0.39, 0.29) is 0 Å². The van der Waals surface area contributed by atoms with Gasteiger partial charge in [-0.3, -0.25) is 0 Å². The lowest BCUT2D eigenvalue weighted by molar-refractivity contribution is 0.837. The molecule has 14 heavy (non-hydrogen) atoms. The second-order valence-electron chi connectivity index (χ2n) is 3.77. The van der Waals surface area contributed by atoms with E-state index in [2.05, 4.69) is 30.3 Å². The van der Waals surface area contributed by atoms with Gasteiger partial charge in [-0.25, -0.2) is 0 Å². The van der Waals surface area contributed by atoms with Crippen LogP contribution in [0.25, 0.3) is 0 Å². The summed E-state index contributed by atoms with van der Waals surface area (Å²) in [6.07, 6.45) is 1.17. The first-order chi connectivity index (χ1) is 6.70. The van der Waals surface area contributed by atoms with E-state index in [9.17, 15) is 0 Å². The van der Waals surface area contributed by atoms with Gasteiger partial charge in [-0.15, -0.1) is 0 Å². The number of anilines is 2. The highest BCUT2D eigenvalue weighted by Gasteiger charge is 2.14. The SMILES string of the molecule is Cc1c(Cl)ccc2c1NCCCN2C. The van der Waals surface area contributed by atoms with E-state index < -0.39 is 0 Å². The fourth-order valence-corrected chi connectivity index (χ4v) is 2.02. The molecule has 0 saturated heterocycles. The van der Waals surface area contributed by atoms with Crippen molar-refractivity contribution in [2.24, 2.45) is 0 Å². The summed E-state index contributed by atoms with van der Waals surface area (Å²) in [5.74, 6) is 0. The Balaban J connectivity index is 2.53. The van der Waals surface area contributed by atoms with Crippen LogP contribution in [-0.4, -0.2) is 20.1 Å². The number of fused-ring (bicyclic) bond motifs is 1. The van der Waals surface area contributed by atoms with Gasteiger partial charge in [-0.2, -0.15) is 0 Å². The lowest BCUT2D eigenvalue weighted by atomic mass is 10.1. The lowest BCUT2D eigenvalue weighted by Crippen LogP contribution is -2.17. The monoisotopic (exact) mass is 210 g/mol. The van der Waals surface area contributed by atoms with Crippen molar-refractivity contribution in [3.8, 4) is 0 Å². The van der Waals surface area contributed by atoms with Crippen LogP contribution >= 0.6 is 11.6 Å². The quantitative estimate of drug-likeness (QED) is 0.709. The maximum absolute atomic E-state index is 6.09. The van der Waals surface area contributed by atoms with Gasteiger partial charge in [0, 0.05) is 25.2 Å². The molecule has 0 fully saturated rings. The molecular weight excluding hydrogens is 196 g/mol. The van der Waals surface area contributed by atoms with Crippen LogP contribution < -0.4 is 10.2 Å². The van der Waals surface area contributed by atoms with Crippen LogP contribution in [0, 0.1) is 6.92 Å². The Hall–Kier alpha value is -0.890. The zero-order valence-electron chi connectivity index (χ0n) is 8.60. The third kappa shape index (κ3) is 1.55. The molecule has 2 rings (SSSR count). The van der Waals surface area contributed by atoms with Gasteiger partial charge < -0.3 is 10.2 Å².